The lowest BCUT2D eigenvalue weighted by Gasteiger charge is -2.41. The minimum atomic E-state index is -0.704. The van der Waals surface area contributed by atoms with Gasteiger partial charge >= 0.3 is 6.03 Å². The van der Waals surface area contributed by atoms with Gasteiger partial charge in [-0.05, 0) is 30.9 Å². The third-order valence-corrected chi connectivity index (χ3v) is 4.87. The number of hydrogen-bond acceptors (Lipinski definition) is 3. The van der Waals surface area contributed by atoms with Crippen molar-refractivity contribution < 1.29 is 14.3 Å². The smallest absolute Gasteiger partial charge is 0.319 e. The number of hydrogen-bond donors (Lipinski definition) is 2. The van der Waals surface area contributed by atoms with Crippen LogP contribution in [0.3, 0.4) is 0 Å². The van der Waals surface area contributed by atoms with Gasteiger partial charge in [-0.2, -0.15) is 0 Å². The van der Waals surface area contributed by atoms with Gasteiger partial charge in [0.2, 0.25) is 0 Å². The fraction of sp³-hybridized carbons (Fsp3) is 0.261. The Balaban J connectivity index is 1.52. The van der Waals surface area contributed by atoms with Crippen molar-refractivity contribution in [3.63, 3.8) is 0 Å². The lowest BCUT2D eigenvalue weighted by Crippen LogP contribution is -2.52. The molecule has 2 amide bonds. The monoisotopic (exact) mass is 376 g/mol. The fourth-order valence-corrected chi connectivity index (χ4v) is 3.52. The summed E-state index contributed by atoms with van der Waals surface area (Å²) in [5.74, 6) is -0.704. The number of benzene rings is 3. The summed E-state index contributed by atoms with van der Waals surface area (Å²) in [5, 5.41) is 8.06. The van der Waals surface area contributed by atoms with Gasteiger partial charge in [0.05, 0.1) is 18.3 Å². The second-order valence-electron chi connectivity index (χ2n) is 7.39. The van der Waals surface area contributed by atoms with E-state index in [4.69, 9.17) is 9.47 Å². The van der Waals surface area contributed by atoms with E-state index in [0.717, 1.165) is 22.0 Å². The molecular weight excluding hydrogens is 352 g/mol. The molecule has 0 bridgehead atoms. The highest BCUT2D eigenvalue weighted by atomic mass is 16.7. The molecule has 3 aromatic carbocycles. The molecule has 0 saturated carbocycles. The Morgan fingerprint density at radius 1 is 0.964 bits per heavy atom. The molecule has 28 heavy (non-hydrogen) atoms. The standard InChI is InChI=1S/C23H24N2O3/c1-23(2)27-15-20(21(28-23)17-10-4-3-5-11-17)25-22(26)24-19-14-8-12-16-9-6-7-13-18(16)19/h3-14,20-21H,15H2,1-2H3,(H2,24,25,26). The molecule has 1 heterocycles. The summed E-state index contributed by atoms with van der Waals surface area (Å²) in [6.45, 7) is 4.14. The molecule has 0 radical (unpaired) electrons. The molecule has 0 spiro atoms. The lowest BCUT2D eigenvalue weighted by molar-refractivity contribution is -0.284. The molecule has 2 unspecified atom stereocenters. The molecule has 144 valence electrons. The van der Waals surface area contributed by atoms with Gasteiger partial charge in [-0.15, -0.1) is 0 Å². The first-order chi connectivity index (χ1) is 13.5. The molecule has 2 N–H and O–H groups in total. The van der Waals surface area contributed by atoms with E-state index in [1.807, 2.05) is 86.6 Å². The number of ether oxygens (including phenoxy) is 2. The van der Waals surface area contributed by atoms with E-state index in [0.29, 0.717) is 6.61 Å². The first kappa shape index (κ1) is 18.5. The average molecular weight is 376 g/mol. The Morgan fingerprint density at radius 3 is 2.50 bits per heavy atom. The number of amides is 2. The van der Waals surface area contributed by atoms with Crippen molar-refractivity contribution in [2.24, 2.45) is 0 Å². The molecule has 4 rings (SSSR count). The van der Waals surface area contributed by atoms with Crippen LogP contribution in [0, 0.1) is 0 Å². The topological polar surface area (TPSA) is 59.6 Å². The molecule has 2 atom stereocenters. The van der Waals surface area contributed by atoms with Crippen molar-refractivity contribution >= 4 is 22.5 Å². The maximum absolute atomic E-state index is 12.7. The quantitative estimate of drug-likeness (QED) is 0.687. The van der Waals surface area contributed by atoms with Gasteiger partial charge in [0.25, 0.3) is 0 Å². The summed E-state index contributed by atoms with van der Waals surface area (Å²) in [6.07, 6.45) is -0.289. The number of anilines is 1. The Labute approximate surface area is 164 Å². The SMILES string of the molecule is CC1(C)OCC(NC(=O)Nc2cccc3ccccc23)C(c2ccccc2)O1. The van der Waals surface area contributed by atoms with Crippen molar-refractivity contribution in [3.05, 3.63) is 78.4 Å². The highest BCUT2D eigenvalue weighted by Gasteiger charge is 2.38. The second kappa shape index (κ2) is 7.62. The van der Waals surface area contributed by atoms with Crippen LogP contribution >= 0.6 is 0 Å². The fourth-order valence-electron chi connectivity index (χ4n) is 3.52. The Kier molecular flexibility index (Phi) is 5.03. The van der Waals surface area contributed by atoms with Crippen LogP contribution in [-0.2, 0) is 9.47 Å². The summed E-state index contributed by atoms with van der Waals surface area (Å²) in [7, 11) is 0. The van der Waals surface area contributed by atoms with Crippen LogP contribution in [0.1, 0.15) is 25.5 Å². The van der Waals surface area contributed by atoms with Gasteiger partial charge < -0.3 is 20.1 Å². The van der Waals surface area contributed by atoms with Gasteiger partial charge in [0, 0.05) is 5.39 Å². The molecule has 1 fully saturated rings. The van der Waals surface area contributed by atoms with Crippen LogP contribution in [-0.4, -0.2) is 24.5 Å². The molecule has 5 nitrogen and oxygen atoms in total. The van der Waals surface area contributed by atoms with E-state index in [-0.39, 0.29) is 18.2 Å². The lowest BCUT2D eigenvalue weighted by atomic mass is 10.0. The van der Waals surface area contributed by atoms with Crippen LogP contribution in [0.25, 0.3) is 10.8 Å². The Morgan fingerprint density at radius 2 is 1.68 bits per heavy atom. The molecule has 1 saturated heterocycles. The molecule has 3 aromatic rings. The predicted octanol–water partition coefficient (Wildman–Crippen LogP) is 4.85. The number of carbonyl (C=O) groups is 1. The number of fused-ring (bicyclic) bond motifs is 1. The Bertz CT molecular complexity index is 967. The number of rotatable bonds is 3. The van der Waals surface area contributed by atoms with E-state index >= 15 is 0 Å². The largest absolute Gasteiger partial charge is 0.348 e. The zero-order chi connectivity index (χ0) is 19.6. The van der Waals surface area contributed by atoms with E-state index in [2.05, 4.69) is 10.6 Å². The Hall–Kier alpha value is -2.89. The number of nitrogens with one attached hydrogen (secondary N) is 2. The first-order valence-electron chi connectivity index (χ1n) is 9.44. The molecular formula is C23H24N2O3. The predicted molar refractivity (Wildman–Crippen MR) is 110 cm³/mol. The van der Waals surface area contributed by atoms with E-state index in [9.17, 15) is 4.79 Å². The van der Waals surface area contributed by atoms with Gasteiger partial charge in [-0.1, -0.05) is 66.7 Å². The van der Waals surface area contributed by atoms with E-state index in [1.165, 1.54) is 0 Å². The van der Waals surface area contributed by atoms with Gasteiger partial charge in [0.15, 0.2) is 5.79 Å². The van der Waals surface area contributed by atoms with Crippen molar-refractivity contribution in [2.45, 2.75) is 31.8 Å². The number of urea groups is 1. The molecule has 0 aliphatic carbocycles. The maximum Gasteiger partial charge on any atom is 0.319 e. The minimum absolute atomic E-state index is 0.283. The van der Waals surface area contributed by atoms with E-state index in [1.54, 1.807) is 0 Å². The second-order valence-corrected chi connectivity index (χ2v) is 7.39. The maximum atomic E-state index is 12.7. The van der Waals surface area contributed by atoms with Gasteiger partial charge in [-0.25, -0.2) is 4.79 Å². The third kappa shape index (κ3) is 4.01. The normalized spacial score (nSPS) is 21.2. The average Bonchev–Trinajstić information content (AvgIpc) is 2.70. The van der Waals surface area contributed by atoms with Crippen molar-refractivity contribution in [1.82, 2.24) is 5.32 Å². The summed E-state index contributed by atoms with van der Waals surface area (Å²) < 4.78 is 11.9. The highest BCUT2D eigenvalue weighted by molar-refractivity contribution is 6.01. The van der Waals surface area contributed by atoms with Crippen LogP contribution < -0.4 is 10.6 Å². The van der Waals surface area contributed by atoms with Crippen molar-refractivity contribution in [2.75, 3.05) is 11.9 Å². The summed E-state index contributed by atoms with van der Waals surface area (Å²) in [5.41, 5.74) is 1.78. The zero-order valence-electron chi connectivity index (χ0n) is 16.0. The van der Waals surface area contributed by atoms with Crippen LogP contribution in [0.15, 0.2) is 72.8 Å². The molecule has 1 aliphatic rings. The van der Waals surface area contributed by atoms with Gasteiger partial charge in [-0.3, -0.25) is 0 Å². The number of carbonyl (C=O) groups excluding carboxylic acids is 1. The van der Waals surface area contributed by atoms with Crippen molar-refractivity contribution in [3.8, 4) is 0 Å². The summed E-state index contributed by atoms with van der Waals surface area (Å²) >= 11 is 0. The minimum Gasteiger partial charge on any atom is -0.348 e. The van der Waals surface area contributed by atoms with Crippen molar-refractivity contribution in [1.29, 1.82) is 0 Å². The summed E-state index contributed by atoms with van der Waals surface area (Å²) in [4.78, 5) is 12.7. The highest BCUT2D eigenvalue weighted by Crippen LogP contribution is 2.33. The third-order valence-electron chi connectivity index (χ3n) is 4.87. The van der Waals surface area contributed by atoms with Crippen LogP contribution in [0.4, 0.5) is 10.5 Å². The first-order valence-corrected chi connectivity index (χ1v) is 9.44. The molecule has 0 aromatic heterocycles. The summed E-state index contributed by atoms with van der Waals surface area (Å²) in [6, 6.07) is 23.1. The van der Waals surface area contributed by atoms with Crippen LogP contribution in [0.2, 0.25) is 0 Å². The van der Waals surface area contributed by atoms with Crippen LogP contribution in [0.5, 0.6) is 0 Å². The molecule has 1 aliphatic heterocycles. The van der Waals surface area contributed by atoms with E-state index < -0.39 is 5.79 Å². The zero-order valence-corrected chi connectivity index (χ0v) is 16.0. The molecule has 5 heteroatoms. The van der Waals surface area contributed by atoms with Gasteiger partial charge in [0.1, 0.15) is 6.10 Å².